The van der Waals surface area contributed by atoms with Crippen molar-refractivity contribution in [2.24, 2.45) is 16.8 Å². The van der Waals surface area contributed by atoms with E-state index in [4.69, 9.17) is 10.9 Å². The Balaban J connectivity index is 2.53. The van der Waals surface area contributed by atoms with Crippen LogP contribution in [0.4, 0.5) is 13.2 Å². The zero-order chi connectivity index (χ0) is 13.8. The van der Waals surface area contributed by atoms with Crippen LogP contribution in [0.1, 0.15) is 9.88 Å². The molecule has 9 heteroatoms. The molecule has 1 atom stereocenters. The van der Waals surface area contributed by atoms with Crippen LogP contribution in [0.25, 0.3) is 0 Å². The number of oxime groups is 1. The van der Waals surface area contributed by atoms with Crippen molar-refractivity contribution >= 4 is 17.2 Å². The van der Waals surface area contributed by atoms with E-state index in [9.17, 15) is 13.2 Å². The smallest absolute Gasteiger partial charge is 0.400 e. The van der Waals surface area contributed by atoms with Gasteiger partial charge in [0, 0.05) is 24.2 Å². The first kappa shape index (κ1) is 14.7. The molecule has 1 unspecified atom stereocenters. The van der Waals surface area contributed by atoms with E-state index in [2.05, 4.69) is 15.5 Å². The van der Waals surface area contributed by atoms with Crippen LogP contribution in [-0.2, 0) is 6.54 Å². The summed E-state index contributed by atoms with van der Waals surface area (Å²) in [5.74, 6) is -2.85. The first-order valence-corrected chi connectivity index (χ1v) is 5.82. The molecular weight excluding hydrogens is 269 g/mol. The number of rotatable bonds is 5. The van der Waals surface area contributed by atoms with E-state index in [1.54, 1.807) is 6.20 Å². The van der Waals surface area contributed by atoms with Gasteiger partial charge in [-0.2, -0.15) is 13.2 Å². The standard InChI is InChI=1S/C9H13F3N4OS/c1-5-15-3-6(18-5)2-14-4-7(8(13)16-17)9(10,11)12/h3,7,14,17H,2,4H2,1H3,(H2,13,16). The number of amidine groups is 1. The number of aromatic nitrogens is 1. The Kier molecular flexibility index (Phi) is 4.91. The molecule has 0 radical (unpaired) electrons. The van der Waals surface area contributed by atoms with Crippen LogP contribution in [0.5, 0.6) is 0 Å². The fraction of sp³-hybridized carbons (Fsp3) is 0.556. The number of aryl methyl sites for hydroxylation is 1. The minimum atomic E-state index is -4.55. The van der Waals surface area contributed by atoms with Crippen molar-refractivity contribution in [3.8, 4) is 0 Å². The van der Waals surface area contributed by atoms with E-state index in [1.807, 2.05) is 6.92 Å². The van der Waals surface area contributed by atoms with Gasteiger partial charge >= 0.3 is 6.18 Å². The van der Waals surface area contributed by atoms with Gasteiger partial charge in [-0.1, -0.05) is 5.16 Å². The van der Waals surface area contributed by atoms with E-state index in [0.29, 0.717) is 0 Å². The summed E-state index contributed by atoms with van der Waals surface area (Å²) in [6.45, 7) is 1.62. The van der Waals surface area contributed by atoms with Gasteiger partial charge < -0.3 is 16.3 Å². The molecule has 18 heavy (non-hydrogen) atoms. The molecule has 0 aliphatic heterocycles. The van der Waals surface area contributed by atoms with Crippen LogP contribution in [-0.4, -0.2) is 28.7 Å². The van der Waals surface area contributed by atoms with Crippen molar-refractivity contribution in [1.82, 2.24) is 10.3 Å². The average molecular weight is 282 g/mol. The maximum absolute atomic E-state index is 12.6. The Morgan fingerprint density at radius 1 is 1.67 bits per heavy atom. The summed E-state index contributed by atoms with van der Waals surface area (Å²) in [5.41, 5.74) is 5.02. The van der Waals surface area contributed by atoms with Crippen LogP contribution in [0.2, 0.25) is 0 Å². The number of thiazole rings is 1. The van der Waals surface area contributed by atoms with E-state index in [-0.39, 0.29) is 6.54 Å². The Labute approximate surface area is 106 Å². The third-order valence-electron chi connectivity index (χ3n) is 2.18. The Bertz CT molecular complexity index is 418. The van der Waals surface area contributed by atoms with Gasteiger partial charge in [0.05, 0.1) is 5.01 Å². The molecule has 5 nitrogen and oxygen atoms in total. The molecule has 0 aromatic carbocycles. The summed E-state index contributed by atoms with van der Waals surface area (Å²) < 4.78 is 37.7. The first-order valence-electron chi connectivity index (χ1n) is 5.00. The topological polar surface area (TPSA) is 83.5 Å². The molecule has 1 heterocycles. The summed E-state index contributed by atoms with van der Waals surface area (Å²) in [7, 11) is 0. The second kappa shape index (κ2) is 6.01. The van der Waals surface area contributed by atoms with Crippen molar-refractivity contribution in [2.75, 3.05) is 6.54 Å². The zero-order valence-corrected chi connectivity index (χ0v) is 10.3. The molecular formula is C9H13F3N4OS. The minimum absolute atomic E-state index is 0.261. The predicted octanol–water partition coefficient (Wildman–Crippen LogP) is 1.47. The van der Waals surface area contributed by atoms with Crippen LogP contribution < -0.4 is 11.1 Å². The molecule has 0 aliphatic rings. The number of alkyl halides is 3. The number of nitrogens with two attached hydrogens (primary N) is 1. The Morgan fingerprint density at radius 2 is 2.33 bits per heavy atom. The Hall–Kier alpha value is -1.35. The molecule has 0 amide bonds. The van der Waals surface area contributed by atoms with Crippen LogP contribution in [0, 0.1) is 12.8 Å². The van der Waals surface area contributed by atoms with Gasteiger partial charge in [0.15, 0.2) is 5.84 Å². The molecule has 0 saturated carbocycles. The quantitative estimate of drug-likeness (QED) is 0.330. The van der Waals surface area contributed by atoms with Crippen LogP contribution >= 0.6 is 11.3 Å². The minimum Gasteiger partial charge on any atom is -0.409 e. The number of halogens is 3. The van der Waals surface area contributed by atoms with Crippen molar-refractivity contribution < 1.29 is 18.4 Å². The summed E-state index contributed by atoms with van der Waals surface area (Å²) in [5, 5.41) is 14.2. The zero-order valence-electron chi connectivity index (χ0n) is 9.53. The van der Waals surface area contributed by atoms with Crippen molar-refractivity contribution in [3.63, 3.8) is 0 Å². The molecule has 0 spiro atoms. The van der Waals surface area contributed by atoms with E-state index < -0.39 is 24.5 Å². The van der Waals surface area contributed by atoms with Gasteiger partial charge in [-0.05, 0) is 6.92 Å². The summed E-state index contributed by atoms with van der Waals surface area (Å²) in [4.78, 5) is 4.81. The van der Waals surface area contributed by atoms with E-state index in [1.165, 1.54) is 11.3 Å². The van der Waals surface area contributed by atoms with Gasteiger partial charge in [-0.3, -0.25) is 0 Å². The SMILES string of the molecule is Cc1ncc(CNCC(/C(N)=N/O)C(F)(F)F)s1. The summed E-state index contributed by atoms with van der Waals surface area (Å²) in [6.07, 6.45) is -2.95. The van der Waals surface area contributed by atoms with Crippen molar-refractivity contribution in [2.45, 2.75) is 19.6 Å². The number of nitrogens with one attached hydrogen (secondary N) is 1. The normalized spacial score (nSPS) is 14.8. The highest BCUT2D eigenvalue weighted by molar-refractivity contribution is 7.11. The van der Waals surface area contributed by atoms with Gasteiger partial charge in [0.2, 0.25) is 0 Å². The number of hydrogen-bond donors (Lipinski definition) is 3. The lowest BCUT2D eigenvalue weighted by molar-refractivity contribution is -0.154. The number of nitrogens with zero attached hydrogens (tertiary/aromatic N) is 2. The molecule has 0 saturated heterocycles. The van der Waals surface area contributed by atoms with Crippen molar-refractivity contribution in [1.29, 1.82) is 0 Å². The molecule has 102 valence electrons. The summed E-state index contributed by atoms with van der Waals surface area (Å²) >= 11 is 1.40. The average Bonchev–Trinajstić information content (AvgIpc) is 2.68. The van der Waals surface area contributed by atoms with Crippen LogP contribution in [0.3, 0.4) is 0 Å². The maximum Gasteiger partial charge on any atom is 0.400 e. The van der Waals surface area contributed by atoms with Gasteiger partial charge in [-0.15, -0.1) is 11.3 Å². The van der Waals surface area contributed by atoms with Gasteiger partial charge in [-0.25, -0.2) is 4.98 Å². The molecule has 1 rings (SSSR count). The lowest BCUT2D eigenvalue weighted by atomic mass is 10.1. The highest BCUT2D eigenvalue weighted by Gasteiger charge is 2.42. The highest BCUT2D eigenvalue weighted by Crippen LogP contribution is 2.26. The third kappa shape index (κ3) is 4.15. The summed E-state index contributed by atoms with van der Waals surface area (Å²) in [6, 6.07) is 0. The lowest BCUT2D eigenvalue weighted by Crippen LogP contribution is -2.42. The number of hydrogen-bond acceptors (Lipinski definition) is 5. The van der Waals surface area contributed by atoms with Crippen LogP contribution in [0.15, 0.2) is 11.4 Å². The largest absolute Gasteiger partial charge is 0.409 e. The molecule has 1 aromatic heterocycles. The fourth-order valence-electron chi connectivity index (χ4n) is 1.28. The molecule has 1 aromatic rings. The molecule has 0 aliphatic carbocycles. The first-order chi connectivity index (χ1) is 8.34. The third-order valence-corrected chi connectivity index (χ3v) is 3.10. The maximum atomic E-state index is 12.6. The second-order valence-electron chi connectivity index (χ2n) is 3.60. The van der Waals surface area contributed by atoms with Crippen molar-refractivity contribution in [3.05, 3.63) is 16.1 Å². The highest BCUT2D eigenvalue weighted by atomic mass is 32.1. The van der Waals surface area contributed by atoms with E-state index >= 15 is 0 Å². The predicted molar refractivity (Wildman–Crippen MR) is 61.5 cm³/mol. The molecule has 0 fully saturated rings. The van der Waals surface area contributed by atoms with E-state index in [0.717, 1.165) is 9.88 Å². The fourth-order valence-corrected chi connectivity index (χ4v) is 2.05. The van der Waals surface area contributed by atoms with Gasteiger partial charge in [0.1, 0.15) is 5.92 Å². The lowest BCUT2D eigenvalue weighted by Gasteiger charge is -2.18. The monoisotopic (exact) mass is 282 g/mol. The Morgan fingerprint density at radius 3 is 2.78 bits per heavy atom. The molecule has 4 N–H and O–H groups in total. The second-order valence-corrected chi connectivity index (χ2v) is 4.91. The molecule has 0 bridgehead atoms. The van der Waals surface area contributed by atoms with Gasteiger partial charge in [0.25, 0.3) is 0 Å².